The molecule has 0 amide bonds. The number of fused-ring (bicyclic) bond motifs is 2. The van der Waals surface area contributed by atoms with E-state index in [1.165, 1.54) is 33.4 Å². The molecule has 2 aliphatic carbocycles. The van der Waals surface area contributed by atoms with Crippen molar-refractivity contribution in [3.63, 3.8) is 0 Å². The summed E-state index contributed by atoms with van der Waals surface area (Å²) in [5.41, 5.74) is 7.45. The molecule has 0 unspecified atom stereocenters. The molecule has 0 heteroatoms. The van der Waals surface area contributed by atoms with Crippen LogP contribution in [-0.4, -0.2) is 0 Å². The van der Waals surface area contributed by atoms with Crippen molar-refractivity contribution in [3.05, 3.63) is 94.9 Å². The summed E-state index contributed by atoms with van der Waals surface area (Å²) in [5, 5.41) is 0. The van der Waals surface area contributed by atoms with Crippen molar-refractivity contribution >= 4 is 17.7 Å². The van der Waals surface area contributed by atoms with Crippen LogP contribution in [0.15, 0.2) is 60.2 Å². The lowest BCUT2D eigenvalue weighted by Crippen LogP contribution is -1.83. The topological polar surface area (TPSA) is 0 Å². The average Bonchev–Trinajstić information content (AvgIpc) is 3.08. The van der Waals surface area contributed by atoms with Gasteiger partial charge in [0.25, 0.3) is 0 Å². The van der Waals surface area contributed by atoms with Crippen LogP contribution in [0.2, 0.25) is 0 Å². The second-order valence-electron chi connectivity index (χ2n) is 5.08. The molecule has 2 aromatic carbocycles. The highest BCUT2D eigenvalue weighted by atomic mass is 14.2. The molecular formula is C20H13. The summed E-state index contributed by atoms with van der Waals surface area (Å²) in [6, 6.07) is 16.8. The largest absolute Gasteiger partial charge is 0.0719 e. The third-order valence-corrected chi connectivity index (χ3v) is 3.75. The Labute approximate surface area is 119 Å². The van der Waals surface area contributed by atoms with Crippen LogP contribution < -0.4 is 0 Å². The Bertz CT molecular complexity index is 757. The van der Waals surface area contributed by atoms with Gasteiger partial charge in [-0.25, -0.2) is 0 Å². The highest BCUT2D eigenvalue weighted by molar-refractivity contribution is 5.87. The molecule has 0 fully saturated rings. The molecule has 3 radical (unpaired) electrons. The first-order valence-electron chi connectivity index (χ1n) is 6.86. The third-order valence-electron chi connectivity index (χ3n) is 3.75. The molecule has 0 aromatic heterocycles. The van der Waals surface area contributed by atoms with Gasteiger partial charge in [0.05, 0.1) is 0 Å². The number of hydrogen-bond donors (Lipinski definition) is 0. The molecule has 2 aliphatic rings. The Balaban J connectivity index is 1.56. The Morgan fingerprint density at radius 3 is 2.60 bits per heavy atom. The van der Waals surface area contributed by atoms with E-state index < -0.39 is 0 Å². The first kappa shape index (κ1) is 11.5. The van der Waals surface area contributed by atoms with Crippen LogP contribution in [0.25, 0.3) is 17.7 Å². The van der Waals surface area contributed by atoms with E-state index in [2.05, 4.69) is 79.3 Å². The van der Waals surface area contributed by atoms with Crippen molar-refractivity contribution in [2.24, 2.45) is 0 Å². The van der Waals surface area contributed by atoms with Crippen LogP contribution in [0.3, 0.4) is 0 Å². The van der Waals surface area contributed by atoms with Gasteiger partial charge in [-0.15, -0.1) is 0 Å². The summed E-state index contributed by atoms with van der Waals surface area (Å²) in [7, 11) is 0. The molecule has 93 valence electrons. The van der Waals surface area contributed by atoms with Gasteiger partial charge in [-0.2, -0.15) is 0 Å². The fourth-order valence-electron chi connectivity index (χ4n) is 2.73. The van der Waals surface area contributed by atoms with Gasteiger partial charge in [0.2, 0.25) is 0 Å². The summed E-state index contributed by atoms with van der Waals surface area (Å²) < 4.78 is 0. The predicted molar refractivity (Wildman–Crippen MR) is 83.5 cm³/mol. The Kier molecular flexibility index (Phi) is 2.67. The fourth-order valence-corrected chi connectivity index (χ4v) is 2.73. The third kappa shape index (κ3) is 1.94. The van der Waals surface area contributed by atoms with Crippen LogP contribution in [-0.2, 0) is 0 Å². The number of rotatable bonds is 2. The predicted octanol–water partition coefficient (Wildman–Crippen LogP) is 4.82. The quantitative estimate of drug-likeness (QED) is 0.720. The molecule has 0 bridgehead atoms. The molecule has 4 rings (SSSR count). The van der Waals surface area contributed by atoms with Crippen LogP contribution in [0, 0.1) is 12.5 Å². The zero-order chi connectivity index (χ0) is 13.4. The minimum atomic E-state index is 0.902. The average molecular weight is 253 g/mol. The van der Waals surface area contributed by atoms with Crippen molar-refractivity contribution in [3.8, 4) is 0 Å². The van der Waals surface area contributed by atoms with Gasteiger partial charge >= 0.3 is 0 Å². The maximum absolute atomic E-state index is 3.46. The van der Waals surface area contributed by atoms with E-state index >= 15 is 0 Å². The van der Waals surface area contributed by atoms with Gasteiger partial charge in [0, 0.05) is 6.42 Å². The summed E-state index contributed by atoms with van der Waals surface area (Å²) in [4.78, 5) is 0. The first-order valence-corrected chi connectivity index (χ1v) is 6.86. The summed E-state index contributed by atoms with van der Waals surface area (Å²) in [6.07, 6.45) is 14.2. The normalized spacial score (nSPS) is 17.2. The van der Waals surface area contributed by atoms with E-state index in [9.17, 15) is 0 Å². The summed E-state index contributed by atoms with van der Waals surface area (Å²) in [6.45, 7) is 0. The highest BCUT2D eigenvalue weighted by Gasteiger charge is 2.13. The van der Waals surface area contributed by atoms with Crippen LogP contribution in [0.1, 0.15) is 28.7 Å². The maximum atomic E-state index is 3.46. The Hall–Kier alpha value is -2.34. The van der Waals surface area contributed by atoms with Crippen LogP contribution in [0.5, 0.6) is 0 Å². The van der Waals surface area contributed by atoms with Crippen molar-refractivity contribution in [1.29, 1.82) is 0 Å². The molecule has 0 atom stereocenters. The van der Waals surface area contributed by atoms with E-state index in [-0.39, 0.29) is 0 Å². The lowest BCUT2D eigenvalue weighted by Gasteiger charge is -2.01. The molecule has 0 heterocycles. The summed E-state index contributed by atoms with van der Waals surface area (Å²) >= 11 is 0. The van der Waals surface area contributed by atoms with E-state index in [4.69, 9.17) is 0 Å². The minimum absolute atomic E-state index is 0.902. The fraction of sp³-hybridized carbons (Fsp3) is 0.0500. The van der Waals surface area contributed by atoms with E-state index in [0.717, 1.165) is 6.42 Å². The van der Waals surface area contributed by atoms with E-state index in [1.54, 1.807) is 0 Å². The van der Waals surface area contributed by atoms with Gasteiger partial charge < -0.3 is 0 Å². The molecule has 0 nitrogen and oxygen atoms in total. The van der Waals surface area contributed by atoms with Gasteiger partial charge in [-0.1, -0.05) is 66.3 Å². The molecule has 0 spiro atoms. The first-order chi connectivity index (χ1) is 9.90. The molecule has 0 aliphatic heterocycles. The lowest BCUT2D eigenvalue weighted by atomic mass is 10.0. The minimum Gasteiger partial charge on any atom is -0.0719 e. The molecule has 0 N–H and O–H groups in total. The molecule has 0 saturated heterocycles. The van der Waals surface area contributed by atoms with E-state index in [0.29, 0.717) is 0 Å². The van der Waals surface area contributed by atoms with Gasteiger partial charge in [0.1, 0.15) is 0 Å². The highest BCUT2D eigenvalue weighted by Crippen LogP contribution is 2.32. The molecule has 2 aromatic rings. The van der Waals surface area contributed by atoms with Gasteiger partial charge in [-0.3, -0.25) is 0 Å². The SMILES string of the molecule is [C]1C(CC=C2[C]=Cc3ccccc32)=Cc2ccccc21. The van der Waals surface area contributed by atoms with Crippen molar-refractivity contribution in [1.82, 2.24) is 0 Å². The Morgan fingerprint density at radius 1 is 0.900 bits per heavy atom. The van der Waals surface area contributed by atoms with Crippen LogP contribution in [0.4, 0.5) is 0 Å². The monoisotopic (exact) mass is 253 g/mol. The van der Waals surface area contributed by atoms with Crippen molar-refractivity contribution in [2.45, 2.75) is 6.42 Å². The number of benzene rings is 2. The van der Waals surface area contributed by atoms with Crippen molar-refractivity contribution < 1.29 is 0 Å². The number of allylic oxidation sites excluding steroid dienone is 4. The second-order valence-corrected chi connectivity index (χ2v) is 5.08. The lowest BCUT2D eigenvalue weighted by molar-refractivity contribution is 1.27. The second kappa shape index (κ2) is 4.64. The molecular weight excluding hydrogens is 240 g/mol. The van der Waals surface area contributed by atoms with Gasteiger partial charge in [-0.05, 0) is 46.4 Å². The van der Waals surface area contributed by atoms with Gasteiger partial charge in [0.15, 0.2) is 0 Å². The zero-order valence-corrected chi connectivity index (χ0v) is 11.1. The smallest absolute Gasteiger partial charge is 0.0467 e. The standard InChI is InChI=1S/C20H13/c1-2-7-19-14-15(13-18(19)6-1)9-10-17-12-11-16-5-3-4-8-20(16)17/h1-8,10-11,13H,9H2. The van der Waals surface area contributed by atoms with E-state index in [1.807, 2.05) is 0 Å². The summed E-state index contributed by atoms with van der Waals surface area (Å²) in [5.74, 6) is 0. The van der Waals surface area contributed by atoms with Crippen molar-refractivity contribution in [2.75, 3.05) is 0 Å². The number of hydrogen-bond acceptors (Lipinski definition) is 0. The molecule has 0 saturated carbocycles. The maximum Gasteiger partial charge on any atom is 0.0467 e. The Morgan fingerprint density at radius 2 is 1.70 bits per heavy atom. The zero-order valence-electron chi connectivity index (χ0n) is 11.1. The molecule has 20 heavy (non-hydrogen) atoms. The van der Waals surface area contributed by atoms with Crippen LogP contribution >= 0.6 is 0 Å².